The first-order valence-electron chi connectivity index (χ1n) is 7.07. The first kappa shape index (κ1) is 15.0. The first-order chi connectivity index (χ1) is 10.9. The van der Waals surface area contributed by atoms with Crippen molar-refractivity contribution in [2.75, 3.05) is 5.32 Å². The van der Waals surface area contributed by atoms with Crippen LogP contribution in [0.2, 0.25) is 0 Å². The zero-order chi connectivity index (χ0) is 16.6. The van der Waals surface area contributed by atoms with Crippen molar-refractivity contribution in [1.29, 1.82) is 0 Å². The number of oxazole rings is 1. The Labute approximate surface area is 131 Å². The number of aromatic nitrogens is 1. The molecule has 0 saturated carbocycles. The summed E-state index contributed by atoms with van der Waals surface area (Å²) in [5.41, 5.74) is 4.05. The summed E-state index contributed by atoms with van der Waals surface area (Å²) >= 11 is 0. The largest absolute Gasteiger partial charge is 0.481 e. The van der Waals surface area contributed by atoms with Crippen LogP contribution in [0.5, 0.6) is 0 Å². The van der Waals surface area contributed by atoms with Gasteiger partial charge in [-0.05, 0) is 48.7 Å². The van der Waals surface area contributed by atoms with Crippen molar-refractivity contribution in [1.82, 2.24) is 4.98 Å². The van der Waals surface area contributed by atoms with Crippen LogP contribution in [0.4, 0.5) is 16.1 Å². The fourth-order valence-corrected chi connectivity index (χ4v) is 2.44. The SMILES string of the molecule is Cc1ccc(F)cc1Nc1nc2c(C)cc(CC(=O)O)cc2o1. The van der Waals surface area contributed by atoms with Gasteiger partial charge in [-0.1, -0.05) is 12.1 Å². The minimum Gasteiger partial charge on any atom is -0.481 e. The number of nitrogens with one attached hydrogen (secondary N) is 1. The number of hydrogen-bond donors (Lipinski definition) is 2. The van der Waals surface area contributed by atoms with Gasteiger partial charge in [0.1, 0.15) is 11.3 Å². The van der Waals surface area contributed by atoms with Crippen LogP contribution in [0.3, 0.4) is 0 Å². The van der Waals surface area contributed by atoms with Gasteiger partial charge in [-0.25, -0.2) is 4.39 Å². The molecule has 23 heavy (non-hydrogen) atoms. The number of halogens is 1. The Morgan fingerprint density at radius 1 is 1.26 bits per heavy atom. The molecule has 2 aromatic carbocycles. The van der Waals surface area contributed by atoms with Crippen LogP contribution in [-0.4, -0.2) is 16.1 Å². The van der Waals surface area contributed by atoms with E-state index in [1.807, 2.05) is 13.8 Å². The summed E-state index contributed by atoms with van der Waals surface area (Å²) in [6.45, 7) is 3.69. The van der Waals surface area contributed by atoms with Crippen molar-refractivity contribution in [3.8, 4) is 0 Å². The highest BCUT2D eigenvalue weighted by molar-refractivity contribution is 5.81. The third-order valence-corrected chi connectivity index (χ3v) is 3.54. The van der Waals surface area contributed by atoms with Gasteiger partial charge in [0.25, 0.3) is 6.01 Å². The summed E-state index contributed by atoms with van der Waals surface area (Å²) in [5, 5.41) is 11.8. The van der Waals surface area contributed by atoms with E-state index >= 15 is 0 Å². The summed E-state index contributed by atoms with van der Waals surface area (Å²) in [4.78, 5) is 15.2. The van der Waals surface area contributed by atoms with E-state index in [-0.39, 0.29) is 18.3 Å². The molecule has 0 saturated heterocycles. The molecule has 0 atom stereocenters. The number of carboxylic acid groups (broad SMARTS) is 1. The molecule has 3 rings (SSSR count). The van der Waals surface area contributed by atoms with Crippen molar-refractivity contribution in [3.63, 3.8) is 0 Å². The smallest absolute Gasteiger partial charge is 0.307 e. The van der Waals surface area contributed by atoms with Gasteiger partial charge in [-0.15, -0.1) is 0 Å². The molecule has 118 valence electrons. The molecule has 0 aliphatic rings. The lowest BCUT2D eigenvalue weighted by Gasteiger charge is -2.05. The minimum absolute atomic E-state index is 0.0801. The molecular weight excluding hydrogens is 299 g/mol. The number of fused-ring (bicyclic) bond motifs is 1. The predicted molar refractivity (Wildman–Crippen MR) is 84.5 cm³/mol. The maximum absolute atomic E-state index is 13.3. The standard InChI is InChI=1S/C17H15FN2O3/c1-9-3-4-12(18)8-13(9)19-17-20-16-10(2)5-11(7-15(21)22)6-14(16)23-17/h3-6,8H,7H2,1-2H3,(H,19,20)(H,21,22). The van der Waals surface area contributed by atoms with E-state index in [1.165, 1.54) is 12.1 Å². The summed E-state index contributed by atoms with van der Waals surface area (Å²) in [5.74, 6) is -1.26. The summed E-state index contributed by atoms with van der Waals surface area (Å²) < 4.78 is 19.0. The van der Waals surface area contributed by atoms with Crippen molar-refractivity contribution in [3.05, 3.63) is 52.8 Å². The minimum atomic E-state index is -0.906. The highest BCUT2D eigenvalue weighted by Gasteiger charge is 2.12. The Morgan fingerprint density at radius 2 is 2.04 bits per heavy atom. The van der Waals surface area contributed by atoms with Gasteiger partial charge >= 0.3 is 5.97 Å². The van der Waals surface area contributed by atoms with Crippen LogP contribution in [0.15, 0.2) is 34.7 Å². The van der Waals surface area contributed by atoms with Crippen LogP contribution in [0, 0.1) is 19.7 Å². The molecule has 0 unspecified atom stereocenters. The van der Waals surface area contributed by atoms with Crippen molar-refractivity contribution < 1.29 is 18.7 Å². The Bertz CT molecular complexity index is 902. The molecule has 6 heteroatoms. The van der Waals surface area contributed by atoms with E-state index in [0.29, 0.717) is 22.4 Å². The van der Waals surface area contributed by atoms with Gasteiger partial charge in [0.15, 0.2) is 5.58 Å². The fraction of sp³-hybridized carbons (Fsp3) is 0.176. The predicted octanol–water partition coefficient (Wildman–Crippen LogP) is 3.95. The zero-order valence-corrected chi connectivity index (χ0v) is 12.7. The summed E-state index contributed by atoms with van der Waals surface area (Å²) in [6.07, 6.45) is -0.0801. The monoisotopic (exact) mass is 314 g/mol. The van der Waals surface area contributed by atoms with Gasteiger partial charge in [0.05, 0.1) is 6.42 Å². The Balaban J connectivity index is 1.98. The molecule has 0 aliphatic heterocycles. The lowest BCUT2D eigenvalue weighted by molar-refractivity contribution is -0.136. The lowest BCUT2D eigenvalue weighted by Crippen LogP contribution is -2.00. The fourth-order valence-electron chi connectivity index (χ4n) is 2.44. The number of aliphatic carboxylic acids is 1. The Morgan fingerprint density at radius 3 is 2.78 bits per heavy atom. The van der Waals surface area contributed by atoms with E-state index in [0.717, 1.165) is 11.1 Å². The summed E-state index contributed by atoms with van der Waals surface area (Å²) in [7, 11) is 0. The Kier molecular flexibility index (Phi) is 3.73. The number of carboxylic acids is 1. The van der Waals surface area contributed by atoms with E-state index < -0.39 is 5.97 Å². The number of aryl methyl sites for hydroxylation is 2. The second kappa shape index (κ2) is 5.72. The molecule has 0 amide bonds. The molecule has 2 N–H and O–H groups in total. The maximum Gasteiger partial charge on any atom is 0.307 e. The molecule has 0 bridgehead atoms. The van der Waals surface area contributed by atoms with Gasteiger partial charge in [-0.3, -0.25) is 4.79 Å². The molecule has 1 aromatic heterocycles. The highest BCUT2D eigenvalue weighted by atomic mass is 19.1. The topological polar surface area (TPSA) is 75.4 Å². The molecule has 0 spiro atoms. The molecule has 0 fully saturated rings. The van der Waals surface area contributed by atoms with Crippen LogP contribution < -0.4 is 5.32 Å². The number of anilines is 2. The number of benzene rings is 2. The number of hydrogen-bond acceptors (Lipinski definition) is 4. The van der Waals surface area contributed by atoms with E-state index in [1.54, 1.807) is 18.2 Å². The van der Waals surface area contributed by atoms with Crippen molar-refractivity contribution in [2.45, 2.75) is 20.3 Å². The van der Waals surface area contributed by atoms with E-state index in [9.17, 15) is 9.18 Å². The average Bonchev–Trinajstić information content (AvgIpc) is 2.85. The van der Waals surface area contributed by atoms with E-state index in [2.05, 4.69) is 10.3 Å². The average molecular weight is 314 g/mol. The maximum atomic E-state index is 13.3. The molecular formula is C17H15FN2O3. The molecule has 1 heterocycles. The normalized spacial score (nSPS) is 10.9. The van der Waals surface area contributed by atoms with Gasteiger partial charge < -0.3 is 14.8 Å². The first-order valence-corrected chi connectivity index (χ1v) is 7.07. The summed E-state index contributed by atoms with van der Waals surface area (Å²) in [6, 6.07) is 8.09. The molecule has 0 aliphatic carbocycles. The molecule has 3 aromatic rings. The van der Waals surface area contributed by atoms with Crippen LogP contribution in [-0.2, 0) is 11.2 Å². The quantitative estimate of drug-likeness (QED) is 0.762. The van der Waals surface area contributed by atoms with Crippen LogP contribution in [0.25, 0.3) is 11.1 Å². The van der Waals surface area contributed by atoms with Crippen molar-refractivity contribution in [2.24, 2.45) is 0 Å². The van der Waals surface area contributed by atoms with Gasteiger partial charge in [0, 0.05) is 5.69 Å². The third kappa shape index (κ3) is 3.15. The van der Waals surface area contributed by atoms with Crippen LogP contribution in [0.1, 0.15) is 16.7 Å². The lowest BCUT2D eigenvalue weighted by atomic mass is 10.1. The number of carbonyl (C=O) groups is 1. The molecule has 5 nitrogen and oxygen atoms in total. The second-order valence-corrected chi connectivity index (χ2v) is 5.43. The van der Waals surface area contributed by atoms with Gasteiger partial charge in [0.2, 0.25) is 0 Å². The van der Waals surface area contributed by atoms with Gasteiger partial charge in [-0.2, -0.15) is 4.98 Å². The van der Waals surface area contributed by atoms with Crippen LogP contribution >= 0.6 is 0 Å². The second-order valence-electron chi connectivity index (χ2n) is 5.43. The van der Waals surface area contributed by atoms with Crippen molar-refractivity contribution >= 4 is 28.8 Å². The van der Waals surface area contributed by atoms with E-state index in [4.69, 9.17) is 9.52 Å². The number of rotatable bonds is 4. The Hall–Kier alpha value is -2.89. The highest BCUT2D eigenvalue weighted by Crippen LogP contribution is 2.27. The molecule has 0 radical (unpaired) electrons. The third-order valence-electron chi connectivity index (χ3n) is 3.54. The zero-order valence-electron chi connectivity index (χ0n) is 12.7. The number of nitrogens with zero attached hydrogens (tertiary/aromatic N) is 1.